The highest BCUT2D eigenvalue weighted by molar-refractivity contribution is 6.05. The van der Waals surface area contributed by atoms with E-state index in [0.29, 0.717) is 12.8 Å². The molecular formula is C28H32F2N4O3. The smallest absolute Gasteiger partial charge is 0.255 e. The van der Waals surface area contributed by atoms with E-state index in [0.717, 1.165) is 38.8 Å². The molecular weight excluding hydrogens is 478 g/mol. The van der Waals surface area contributed by atoms with Crippen LogP contribution in [0, 0.1) is 11.6 Å². The van der Waals surface area contributed by atoms with Crippen LogP contribution in [0.2, 0.25) is 0 Å². The molecule has 5 rings (SSSR count). The van der Waals surface area contributed by atoms with Crippen LogP contribution in [0.4, 0.5) is 8.78 Å². The number of likely N-dealkylation sites (N-methyl/N-ethyl adjacent to an activating group) is 1. The molecule has 2 fully saturated rings. The molecule has 2 aromatic carbocycles. The lowest BCUT2D eigenvalue weighted by atomic mass is 9.86. The molecule has 196 valence electrons. The summed E-state index contributed by atoms with van der Waals surface area (Å²) < 4.78 is 30.8. The molecule has 0 bridgehead atoms. The molecule has 1 N–H and O–H groups in total. The number of imide groups is 1. The number of benzene rings is 2. The van der Waals surface area contributed by atoms with Crippen LogP contribution in [-0.4, -0.2) is 71.7 Å². The van der Waals surface area contributed by atoms with Gasteiger partial charge in [0.1, 0.15) is 17.7 Å². The number of piperidine rings is 2. The molecule has 2 saturated heterocycles. The third-order valence-electron chi connectivity index (χ3n) is 7.85. The fourth-order valence-electron chi connectivity index (χ4n) is 5.76. The topological polar surface area (TPSA) is 73.0 Å². The Kier molecular flexibility index (Phi) is 7.35. The molecule has 3 aliphatic rings. The van der Waals surface area contributed by atoms with Gasteiger partial charge in [-0.3, -0.25) is 19.7 Å². The van der Waals surface area contributed by atoms with Crippen LogP contribution in [0.25, 0.3) is 0 Å². The number of hydrogen-bond acceptors (Lipinski definition) is 5. The maximum atomic E-state index is 15.7. The Hall–Kier alpha value is -3.17. The van der Waals surface area contributed by atoms with E-state index in [1.165, 1.54) is 10.5 Å². The van der Waals surface area contributed by atoms with Gasteiger partial charge in [-0.2, -0.15) is 0 Å². The van der Waals surface area contributed by atoms with Crippen molar-refractivity contribution in [2.75, 3.05) is 33.2 Å². The maximum absolute atomic E-state index is 15.7. The second kappa shape index (κ2) is 10.7. The monoisotopic (exact) mass is 510 g/mol. The zero-order valence-electron chi connectivity index (χ0n) is 21.0. The van der Waals surface area contributed by atoms with Crippen molar-refractivity contribution in [2.24, 2.45) is 0 Å². The summed E-state index contributed by atoms with van der Waals surface area (Å²) in [6.45, 7) is 4.08. The van der Waals surface area contributed by atoms with E-state index in [9.17, 15) is 14.4 Å². The minimum absolute atomic E-state index is 0.0256. The summed E-state index contributed by atoms with van der Waals surface area (Å²) in [5.74, 6) is -3.15. The molecule has 0 saturated carbocycles. The van der Waals surface area contributed by atoms with Crippen molar-refractivity contribution in [3.63, 3.8) is 0 Å². The van der Waals surface area contributed by atoms with Gasteiger partial charge in [-0.25, -0.2) is 8.78 Å². The van der Waals surface area contributed by atoms with E-state index >= 15 is 8.78 Å². The van der Waals surface area contributed by atoms with Gasteiger partial charge in [-0.05, 0) is 56.9 Å². The number of halogens is 2. The molecule has 37 heavy (non-hydrogen) atoms. The largest absolute Gasteiger partial charge is 0.322 e. The number of rotatable bonds is 7. The first-order chi connectivity index (χ1) is 17.8. The summed E-state index contributed by atoms with van der Waals surface area (Å²) in [5, 5.41) is 2.23. The molecule has 0 aromatic heterocycles. The first kappa shape index (κ1) is 25.5. The summed E-state index contributed by atoms with van der Waals surface area (Å²) in [7, 11) is 2.09. The Morgan fingerprint density at radius 2 is 1.78 bits per heavy atom. The second-order valence-electron chi connectivity index (χ2n) is 10.4. The number of fused-ring (bicyclic) bond motifs is 1. The summed E-state index contributed by atoms with van der Waals surface area (Å²) in [6, 6.07) is 10.6. The Labute approximate surface area is 215 Å². The van der Waals surface area contributed by atoms with Crippen LogP contribution in [0.15, 0.2) is 36.4 Å². The zero-order chi connectivity index (χ0) is 26.1. The lowest BCUT2D eigenvalue weighted by Crippen LogP contribution is -2.52. The van der Waals surface area contributed by atoms with E-state index in [2.05, 4.69) is 34.3 Å². The van der Waals surface area contributed by atoms with Crippen LogP contribution in [0.5, 0.6) is 0 Å². The first-order valence-electron chi connectivity index (χ1n) is 12.9. The molecule has 0 spiro atoms. The second-order valence-corrected chi connectivity index (χ2v) is 10.4. The van der Waals surface area contributed by atoms with E-state index in [1.54, 1.807) is 0 Å². The number of hydrogen-bond donors (Lipinski definition) is 1. The van der Waals surface area contributed by atoms with Crippen molar-refractivity contribution < 1.29 is 23.2 Å². The van der Waals surface area contributed by atoms with Crippen molar-refractivity contribution in [3.05, 3.63) is 70.3 Å². The number of amides is 3. The normalized spacial score (nSPS) is 21.0. The predicted molar refractivity (Wildman–Crippen MR) is 134 cm³/mol. The highest BCUT2D eigenvalue weighted by Crippen LogP contribution is 2.38. The summed E-state index contributed by atoms with van der Waals surface area (Å²) >= 11 is 0. The van der Waals surface area contributed by atoms with Gasteiger partial charge in [0.15, 0.2) is 0 Å². The van der Waals surface area contributed by atoms with Gasteiger partial charge in [0.25, 0.3) is 5.91 Å². The van der Waals surface area contributed by atoms with Gasteiger partial charge in [-0.15, -0.1) is 0 Å². The van der Waals surface area contributed by atoms with Gasteiger partial charge < -0.3 is 14.7 Å². The van der Waals surface area contributed by atoms with Crippen LogP contribution >= 0.6 is 0 Å². The van der Waals surface area contributed by atoms with Gasteiger partial charge in [0.05, 0.1) is 12.1 Å². The number of carbonyl (C=O) groups is 3. The van der Waals surface area contributed by atoms with Crippen molar-refractivity contribution >= 4 is 17.7 Å². The SMILES string of the molecule is CN(CCN1CCC(c2c(F)cc3c(c2F)CN(C2CCC(=O)NC2=O)C3=O)CC1)Cc1ccccc1. The molecule has 3 aliphatic heterocycles. The molecule has 1 unspecified atom stereocenters. The fourth-order valence-corrected chi connectivity index (χ4v) is 5.76. The van der Waals surface area contributed by atoms with Crippen molar-refractivity contribution in [3.8, 4) is 0 Å². The standard InChI is InChI=1S/C28H32F2N4O3/c1-32(16-18-5-3-2-4-6-18)13-14-33-11-9-19(10-12-33)25-22(29)15-20-21(26(25)30)17-34(28(20)37)23-7-8-24(35)31-27(23)36/h2-6,15,19,23H,7-14,16-17H2,1H3,(H,31,35,36). The maximum Gasteiger partial charge on any atom is 0.255 e. The molecule has 1 atom stereocenters. The van der Waals surface area contributed by atoms with Gasteiger partial charge in [0, 0.05) is 37.2 Å². The fraction of sp³-hybridized carbons (Fsp3) is 0.464. The van der Waals surface area contributed by atoms with Crippen molar-refractivity contribution in [1.29, 1.82) is 0 Å². The van der Waals surface area contributed by atoms with Crippen LogP contribution in [-0.2, 0) is 22.7 Å². The molecule has 3 heterocycles. The molecule has 0 aliphatic carbocycles. The third-order valence-corrected chi connectivity index (χ3v) is 7.85. The highest BCUT2D eigenvalue weighted by atomic mass is 19.1. The Bertz CT molecular complexity index is 1200. The van der Waals surface area contributed by atoms with E-state index in [-0.39, 0.29) is 47.9 Å². The van der Waals surface area contributed by atoms with E-state index in [1.807, 2.05) is 18.2 Å². The van der Waals surface area contributed by atoms with E-state index in [4.69, 9.17) is 0 Å². The minimum atomic E-state index is -0.855. The predicted octanol–water partition coefficient (Wildman–Crippen LogP) is 3.04. The Morgan fingerprint density at radius 3 is 2.49 bits per heavy atom. The highest BCUT2D eigenvalue weighted by Gasteiger charge is 2.42. The van der Waals surface area contributed by atoms with Crippen LogP contribution in [0.3, 0.4) is 0 Å². The average molecular weight is 511 g/mol. The molecule has 0 radical (unpaired) electrons. The lowest BCUT2D eigenvalue weighted by molar-refractivity contribution is -0.136. The van der Waals surface area contributed by atoms with Gasteiger partial charge in [0.2, 0.25) is 11.8 Å². The molecule has 3 amide bonds. The Balaban J connectivity index is 1.20. The number of likely N-dealkylation sites (tertiary alicyclic amines) is 1. The van der Waals surface area contributed by atoms with Gasteiger partial charge in [-0.1, -0.05) is 30.3 Å². The Morgan fingerprint density at radius 1 is 1.05 bits per heavy atom. The van der Waals surface area contributed by atoms with E-state index < -0.39 is 29.5 Å². The third kappa shape index (κ3) is 5.29. The number of nitrogens with one attached hydrogen (secondary N) is 1. The van der Waals surface area contributed by atoms with Gasteiger partial charge >= 0.3 is 0 Å². The van der Waals surface area contributed by atoms with Crippen molar-refractivity contribution in [1.82, 2.24) is 20.0 Å². The molecule has 7 nitrogen and oxygen atoms in total. The van der Waals surface area contributed by atoms with Crippen molar-refractivity contribution in [2.45, 2.75) is 50.7 Å². The molecule has 9 heteroatoms. The minimum Gasteiger partial charge on any atom is -0.322 e. The summed E-state index contributed by atoms with van der Waals surface area (Å²) in [5.41, 5.74) is 1.44. The number of carbonyl (C=O) groups excluding carboxylic acids is 3. The van der Waals surface area contributed by atoms with Crippen LogP contribution in [0.1, 0.15) is 58.6 Å². The summed E-state index contributed by atoms with van der Waals surface area (Å²) in [4.78, 5) is 42.5. The number of nitrogens with zero attached hydrogens (tertiary/aromatic N) is 3. The quantitative estimate of drug-likeness (QED) is 0.580. The zero-order valence-corrected chi connectivity index (χ0v) is 21.0. The first-order valence-corrected chi connectivity index (χ1v) is 12.9. The molecule has 2 aromatic rings. The summed E-state index contributed by atoms with van der Waals surface area (Å²) in [6.07, 6.45) is 1.57. The average Bonchev–Trinajstić information content (AvgIpc) is 3.20. The van der Waals surface area contributed by atoms with Crippen LogP contribution < -0.4 is 5.32 Å². The lowest BCUT2D eigenvalue weighted by Gasteiger charge is -2.33.